The highest BCUT2D eigenvalue weighted by molar-refractivity contribution is 9.10. The minimum atomic E-state index is -2.47. The molecule has 2 heterocycles. The predicted molar refractivity (Wildman–Crippen MR) is 130 cm³/mol. The molecule has 8 nitrogen and oxygen atoms in total. The lowest BCUT2D eigenvalue weighted by Crippen LogP contribution is -2.08. The Bertz CT molecular complexity index is 1490. The Morgan fingerprint density at radius 2 is 2.00 bits per heavy atom. The molecule has 172 valence electrons. The van der Waals surface area contributed by atoms with Crippen molar-refractivity contribution in [1.82, 2.24) is 19.7 Å². The molecule has 34 heavy (non-hydrogen) atoms. The van der Waals surface area contributed by atoms with Gasteiger partial charge in [0.15, 0.2) is 0 Å². The molecule has 0 spiro atoms. The largest absolute Gasteiger partial charge is 0.337 e. The average molecular weight is 529 g/mol. The fourth-order valence-electron chi connectivity index (χ4n) is 2.95. The Hall–Kier alpha value is -4.12. The highest BCUT2D eigenvalue weighted by Gasteiger charge is 2.15. The van der Waals surface area contributed by atoms with Gasteiger partial charge in [0.25, 0.3) is 0 Å². The predicted octanol–water partition coefficient (Wildman–Crippen LogP) is 5.53. The first-order valence-electron chi connectivity index (χ1n) is 11.2. The zero-order chi connectivity index (χ0) is 26.7. The third-order valence-corrected chi connectivity index (χ3v) is 5.17. The summed E-state index contributed by atoms with van der Waals surface area (Å²) in [5, 5.41) is 12.1. The fraction of sp³-hybridized carbons (Fsp3) is 0.0435. The monoisotopic (exact) mass is 528 g/mol. The van der Waals surface area contributed by atoms with Crippen molar-refractivity contribution in [3.8, 4) is 11.1 Å². The maximum absolute atomic E-state index is 14.7. The molecule has 2 aromatic carbocycles. The van der Waals surface area contributed by atoms with E-state index >= 15 is 0 Å². The molecule has 0 aliphatic heterocycles. The van der Waals surface area contributed by atoms with Crippen molar-refractivity contribution in [2.45, 2.75) is 0 Å². The Morgan fingerprint density at radius 1 is 1.15 bits per heavy atom. The molecule has 0 atom stereocenters. The maximum atomic E-state index is 14.7. The fourth-order valence-corrected chi connectivity index (χ4v) is 3.20. The van der Waals surface area contributed by atoms with Crippen LogP contribution in [-0.4, -0.2) is 25.7 Å². The lowest BCUT2D eigenvalue weighted by Gasteiger charge is -2.15. The zero-order valence-corrected chi connectivity index (χ0v) is 18.9. The smallest absolute Gasteiger partial charge is 0.247 e. The second kappa shape index (κ2) is 9.79. The van der Waals surface area contributed by atoms with Gasteiger partial charge in [-0.1, -0.05) is 12.6 Å². The van der Waals surface area contributed by atoms with Gasteiger partial charge in [0.1, 0.15) is 17.5 Å². The van der Waals surface area contributed by atoms with Gasteiger partial charge in [-0.3, -0.25) is 9.48 Å². The number of aryl methyl sites for hydroxylation is 1. The molecule has 0 fully saturated rings. The number of hydrogen-bond acceptors (Lipinski definition) is 6. The molecule has 11 heteroatoms. The van der Waals surface area contributed by atoms with E-state index in [1.54, 1.807) is 6.07 Å². The zero-order valence-electron chi connectivity index (χ0n) is 20.3. The van der Waals surface area contributed by atoms with Crippen LogP contribution >= 0.6 is 15.9 Å². The van der Waals surface area contributed by atoms with Crippen molar-refractivity contribution >= 4 is 50.7 Å². The average Bonchev–Trinajstić information content (AvgIpc) is 3.32. The van der Waals surface area contributed by atoms with Crippen molar-refractivity contribution in [1.29, 1.82) is 0 Å². The molecule has 4 rings (SSSR count). The summed E-state index contributed by atoms with van der Waals surface area (Å²) in [6.45, 7) is 0.919. The first-order valence-corrected chi connectivity index (χ1v) is 10.5. The SMILES string of the molecule is [2H]C([2H])([2H])n1cc(Nc2ncc(-c3ccc(Br)c(F)c3)c(Nc3cc(NC(=O)C=C)ccc3F)n2)cn1. The number of rotatable bonds is 7. The van der Waals surface area contributed by atoms with E-state index in [9.17, 15) is 13.6 Å². The van der Waals surface area contributed by atoms with Gasteiger partial charge in [0, 0.05) is 34.7 Å². The summed E-state index contributed by atoms with van der Waals surface area (Å²) < 4.78 is 52.3. The maximum Gasteiger partial charge on any atom is 0.247 e. The van der Waals surface area contributed by atoms with Gasteiger partial charge in [-0.05, 0) is 57.9 Å². The molecule has 0 unspecified atom stereocenters. The highest BCUT2D eigenvalue weighted by Crippen LogP contribution is 2.33. The molecule has 1 amide bonds. The molecular formula is C23H18BrF2N7O. The normalized spacial score (nSPS) is 12.3. The van der Waals surface area contributed by atoms with E-state index in [1.807, 2.05) is 0 Å². The van der Waals surface area contributed by atoms with Gasteiger partial charge in [0.05, 0.1) is 22.0 Å². The van der Waals surface area contributed by atoms with Crippen LogP contribution in [0.4, 0.5) is 37.6 Å². The van der Waals surface area contributed by atoms with Crippen LogP contribution < -0.4 is 16.0 Å². The van der Waals surface area contributed by atoms with E-state index in [0.717, 1.165) is 16.8 Å². The van der Waals surface area contributed by atoms with E-state index in [-0.39, 0.29) is 21.9 Å². The van der Waals surface area contributed by atoms with E-state index in [1.165, 1.54) is 42.9 Å². The summed E-state index contributed by atoms with van der Waals surface area (Å²) in [4.78, 5) is 20.3. The Morgan fingerprint density at radius 3 is 2.74 bits per heavy atom. The summed E-state index contributed by atoms with van der Waals surface area (Å²) >= 11 is 3.11. The van der Waals surface area contributed by atoms with Gasteiger partial charge in [-0.2, -0.15) is 10.1 Å². The minimum Gasteiger partial charge on any atom is -0.337 e. The molecule has 0 saturated carbocycles. The van der Waals surface area contributed by atoms with Gasteiger partial charge in [0.2, 0.25) is 11.9 Å². The van der Waals surface area contributed by atoms with E-state index in [4.69, 9.17) is 4.11 Å². The van der Waals surface area contributed by atoms with Gasteiger partial charge < -0.3 is 16.0 Å². The van der Waals surface area contributed by atoms with E-state index in [0.29, 0.717) is 22.5 Å². The Labute approximate surface area is 206 Å². The van der Waals surface area contributed by atoms with Crippen LogP contribution in [0, 0.1) is 11.6 Å². The molecule has 3 N–H and O–H groups in total. The number of halogens is 3. The van der Waals surface area contributed by atoms with Crippen molar-refractivity contribution in [3.05, 3.63) is 83.8 Å². The summed E-state index contributed by atoms with van der Waals surface area (Å²) in [5.74, 6) is -1.51. The number of hydrogen-bond donors (Lipinski definition) is 3. The number of amides is 1. The van der Waals surface area contributed by atoms with E-state index < -0.39 is 24.5 Å². The topological polar surface area (TPSA) is 96.8 Å². The summed E-state index contributed by atoms with van der Waals surface area (Å²) in [6, 6.07) is 8.29. The Kier molecular flexibility index (Phi) is 5.58. The van der Waals surface area contributed by atoms with Crippen LogP contribution in [0.25, 0.3) is 11.1 Å². The lowest BCUT2D eigenvalue weighted by molar-refractivity contribution is -0.111. The molecule has 2 aromatic heterocycles. The molecule has 4 aromatic rings. The molecular weight excluding hydrogens is 508 g/mol. The molecule has 0 aliphatic carbocycles. The van der Waals surface area contributed by atoms with E-state index in [2.05, 4.69) is 53.5 Å². The number of anilines is 5. The quantitative estimate of drug-likeness (QED) is 0.273. The number of carbonyl (C=O) groups is 1. The first-order chi connectivity index (χ1) is 17.5. The van der Waals surface area contributed by atoms with Crippen molar-refractivity contribution in [2.75, 3.05) is 16.0 Å². The van der Waals surface area contributed by atoms with Gasteiger partial charge >= 0.3 is 0 Å². The van der Waals surface area contributed by atoms with Crippen LogP contribution in [0.1, 0.15) is 4.11 Å². The standard InChI is InChI=1S/C23H18BrF2N7O/c1-3-21(34)29-14-5-7-18(25)20(9-14)31-22-16(13-4-6-17(24)19(26)8-13)11-27-23(32-22)30-15-10-28-33(2)12-15/h3-12H,1H2,2H3,(H,29,34)(H2,27,30,31,32)/i2D3. The van der Waals surface area contributed by atoms with Crippen LogP contribution in [0.2, 0.25) is 0 Å². The van der Waals surface area contributed by atoms with Crippen LogP contribution in [0.3, 0.4) is 0 Å². The van der Waals surface area contributed by atoms with Crippen LogP contribution in [-0.2, 0) is 11.8 Å². The minimum absolute atomic E-state index is 0.0273. The third kappa shape index (κ3) is 5.26. The second-order valence-corrected chi connectivity index (χ2v) is 7.75. The first kappa shape index (κ1) is 19.4. The number of nitrogens with one attached hydrogen (secondary N) is 3. The number of nitrogens with zero attached hydrogens (tertiary/aromatic N) is 4. The molecule has 0 radical (unpaired) electrons. The number of benzene rings is 2. The van der Waals surface area contributed by atoms with Crippen LogP contribution in [0.15, 0.2) is 72.1 Å². The molecule has 0 saturated heterocycles. The molecule has 0 aliphatic rings. The highest BCUT2D eigenvalue weighted by atomic mass is 79.9. The number of aromatic nitrogens is 4. The summed E-state index contributed by atoms with van der Waals surface area (Å²) in [7, 11) is 0. The van der Waals surface area contributed by atoms with Crippen molar-refractivity contribution in [2.24, 2.45) is 6.98 Å². The second-order valence-electron chi connectivity index (χ2n) is 6.90. The third-order valence-electron chi connectivity index (χ3n) is 4.53. The van der Waals surface area contributed by atoms with Crippen LogP contribution in [0.5, 0.6) is 0 Å². The van der Waals surface area contributed by atoms with Gasteiger partial charge in [-0.15, -0.1) is 0 Å². The van der Waals surface area contributed by atoms with Gasteiger partial charge in [-0.25, -0.2) is 13.8 Å². The molecule has 0 bridgehead atoms. The summed E-state index contributed by atoms with van der Waals surface area (Å²) in [6.07, 6.45) is 5.02. The number of carbonyl (C=O) groups excluding carboxylic acids is 1. The summed E-state index contributed by atoms with van der Waals surface area (Å²) in [5.41, 5.74) is 1.32. The lowest BCUT2D eigenvalue weighted by atomic mass is 10.1. The Balaban J connectivity index is 1.74. The van der Waals surface area contributed by atoms with Crippen molar-refractivity contribution < 1.29 is 17.7 Å². The van der Waals surface area contributed by atoms with Crippen molar-refractivity contribution in [3.63, 3.8) is 0 Å².